The highest BCUT2D eigenvalue weighted by Gasteiger charge is 2.08. The second-order valence-corrected chi connectivity index (χ2v) is 6.44. The lowest BCUT2D eigenvalue weighted by atomic mass is 10.2. The number of carboxylic acid groups (broad SMARTS) is 2. The molecule has 0 unspecified atom stereocenters. The van der Waals surface area contributed by atoms with Crippen LogP contribution in [0.4, 0.5) is 0 Å². The molecule has 0 atom stereocenters. The van der Waals surface area contributed by atoms with Gasteiger partial charge in [0.1, 0.15) is 5.75 Å². The zero-order valence-corrected chi connectivity index (χ0v) is 15.2. The van der Waals surface area contributed by atoms with Crippen LogP contribution in [0.2, 0.25) is 0 Å². The summed E-state index contributed by atoms with van der Waals surface area (Å²) in [5.74, 6) is -2.69. The highest BCUT2D eigenvalue weighted by atomic mass is 79.9. The number of carbonyl (C=O) groups is 2. The number of aliphatic carboxylic acids is 2. The van der Waals surface area contributed by atoms with Crippen LogP contribution in [-0.2, 0) is 9.59 Å². The highest BCUT2D eigenvalue weighted by molar-refractivity contribution is 9.10. The number of hydrogen-bond donors (Lipinski definition) is 2. The summed E-state index contributed by atoms with van der Waals surface area (Å²) in [6.45, 7) is 4.54. The largest absolute Gasteiger partial charge is 0.494 e. The predicted molar refractivity (Wildman–Crippen MR) is 94.4 cm³/mol. The SMILES string of the molecule is Brc1cccc(OCCCN2CCCCCC2)c1.O=C(O)C(=O)O. The van der Waals surface area contributed by atoms with Crippen molar-refractivity contribution in [3.63, 3.8) is 0 Å². The second kappa shape index (κ2) is 11.9. The van der Waals surface area contributed by atoms with Gasteiger partial charge in [-0.1, -0.05) is 34.8 Å². The van der Waals surface area contributed by atoms with Gasteiger partial charge in [0, 0.05) is 11.0 Å². The molecule has 7 heteroatoms. The van der Waals surface area contributed by atoms with Gasteiger partial charge in [-0.25, -0.2) is 9.59 Å². The molecule has 0 saturated carbocycles. The molecule has 1 saturated heterocycles. The van der Waals surface area contributed by atoms with Gasteiger partial charge < -0.3 is 19.8 Å². The van der Waals surface area contributed by atoms with Crippen molar-refractivity contribution in [3.8, 4) is 5.75 Å². The molecule has 0 bridgehead atoms. The van der Waals surface area contributed by atoms with Gasteiger partial charge in [-0.15, -0.1) is 0 Å². The molecule has 2 N–H and O–H groups in total. The van der Waals surface area contributed by atoms with E-state index in [1.54, 1.807) is 0 Å². The summed E-state index contributed by atoms with van der Waals surface area (Å²) in [7, 11) is 0. The first-order valence-corrected chi connectivity index (χ1v) is 8.85. The van der Waals surface area contributed by atoms with Crippen molar-refractivity contribution < 1.29 is 24.5 Å². The quantitative estimate of drug-likeness (QED) is 0.581. The van der Waals surface area contributed by atoms with Gasteiger partial charge in [0.25, 0.3) is 0 Å². The van der Waals surface area contributed by atoms with Crippen molar-refractivity contribution in [1.82, 2.24) is 4.90 Å². The molecule has 6 nitrogen and oxygen atoms in total. The van der Waals surface area contributed by atoms with E-state index in [9.17, 15) is 0 Å². The number of halogens is 1. The molecular formula is C17H24BrNO5. The smallest absolute Gasteiger partial charge is 0.414 e. The van der Waals surface area contributed by atoms with E-state index in [-0.39, 0.29) is 0 Å². The van der Waals surface area contributed by atoms with Crippen LogP contribution < -0.4 is 4.74 Å². The average molecular weight is 402 g/mol. The van der Waals surface area contributed by atoms with E-state index in [1.165, 1.54) is 45.3 Å². The molecular weight excluding hydrogens is 378 g/mol. The number of carboxylic acids is 2. The number of likely N-dealkylation sites (tertiary alicyclic amines) is 1. The molecule has 2 rings (SSSR count). The Morgan fingerprint density at radius 3 is 2.25 bits per heavy atom. The Morgan fingerprint density at radius 1 is 1.08 bits per heavy atom. The Kier molecular flexibility index (Phi) is 10.1. The zero-order chi connectivity index (χ0) is 17.8. The molecule has 0 amide bonds. The maximum Gasteiger partial charge on any atom is 0.414 e. The summed E-state index contributed by atoms with van der Waals surface area (Å²) in [4.78, 5) is 20.8. The maximum absolute atomic E-state index is 9.10. The van der Waals surface area contributed by atoms with Crippen molar-refractivity contribution in [2.24, 2.45) is 0 Å². The van der Waals surface area contributed by atoms with Crippen LogP contribution >= 0.6 is 15.9 Å². The summed E-state index contributed by atoms with van der Waals surface area (Å²) < 4.78 is 6.83. The summed E-state index contributed by atoms with van der Waals surface area (Å²) in [6, 6.07) is 8.06. The second-order valence-electron chi connectivity index (χ2n) is 5.53. The third-order valence-corrected chi connectivity index (χ3v) is 4.06. The molecule has 1 aromatic rings. The molecule has 1 fully saturated rings. The van der Waals surface area contributed by atoms with E-state index in [0.717, 1.165) is 23.2 Å². The lowest BCUT2D eigenvalue weighted by Crippen LogP contribution is -2.26. The topological polar surface area (TPSA) is 87.1 Å². The van der Waals surface area contributed by atoms with Gasteiger partial charge >= 0.3 is 11.9 Å². The Bertz CT molecular complexity index is 503. The third-order valence-electron chi connectivity index (χ3n) is 3.57. The maximum atomic E-state index is 9.10. The molecule has 0 aliphatic carbocycles. The van der Waals surface area contributed by atoms with Crippen LogP contribution in [0.15, 0.2) is 28.7 Å². The minimum Gasteiger partial charge on any atom is -0.494 e. The van der Waals surface area contributed by atoms with Gasteiger partial charge in [-0.3, -0.25) is 0 Å². The summed E-state index contributed by atoms with van der Waals surface area (Å²) in [5, 5.41) is 14.8. The highest BCUT2D eigenvalue weighted by Crippen LogP contribution is 2.18. The van der Waals surface area contributed by atoms with Crippen molar-refractivity contribution in [1.29, 1.82) is 0 Å². The molecule has 0 spiro atoms. The third kappa shape index (κ3) is 9.52. The molecule has 134 valence electrons. The van der Waals surface area contributed by atoms with E-state index in [2.05, 4.69) is 20.8 Å². The molecule has 0 radical (unpaired) electrons. The molecule has 1 heterocycles. The molecule has 0 aromatic heterocycles. The van der Waals surface area contributed by atoms with Gasteiger partial charge in [-0.2, -0.15) is 0 Å². The first-order valence-electron chi connectivity index (χ1n) is 8.06. The lowest BCUT2D eigenvalue weighted by molar-refractivity contribution is -0.159. The van der Waals surface area contributed by atoms with Crippen molar-refractivity contribution >= 4 is 27.9 Å². The van der Waals surface area contributed by atoms with E-state index in [0.29, 0.717) is 0 Å². The fourth-order valence-electron chi connectivity index (χ4n) is 2.39. The molecule has 24 heavy (non-hydrogen) atoms. The minimum absolute atomic E-state index is 0.812. The number of nitrogens with zero attached hydrogens (tertiary/aromatic N) is 1. The zero-order valence-electron chi connectivity index (χ0n) is 13.6. The fraction of sp³-hybridized carbons (Fsp3) is 0.529. The molecule has 1 aliphatic heterocycles. The molecule has 1 aromatic carbocycles. The van der Waals surface area contributed by atoms with E-state index in [4.69, 9.17) is 24.5 Å². The lowest BCUT2D eigenvalue weighted by Gasteiger charge is -2.19. The first-order chi connectivity index (χ1) is 11.5. The van der Waals surface area contributed by atoms with Gasteiger partial charge in [0.05, 0.1) is 6.61 Å². The van der Waals surface area contributed by atoms with E-state index >= 15 is 0 Å². The monoisotopic (exact) mass is 401 g/mol. The van der Waals surface area contributed by atoms with E-state index < -0.39 is 11.9 Å². The minimum atomic E-state index is -1.82. The van der Waals surface area contributed by atoms with E-state index in [1.807, 2.05) is 24.3 Å². The van der Waals surface area contributed by atoms with Crippen LogP contribution in [0.3, 0.4) is 0 Å². The van der Waals surface area contributed by atoms with Gasteiger partial charge in [0.2, 0.25) is 0 Å². The van der Waals surface area contributed by atoms with Gasteiger partial charge in [0.15, 0.2) is 0 Å². The van der Waals surface area contributed by atoms with Crippen molar-refractivity contribution in [3.05, 3.63) is 28.7 Å². The summed E-state index contributed by atoms with van der Waals surface area (Å²) in [6.07, 6.45) is 6.67. The summed E-state index contributed by atoms with van der Waals surface area (Å²) >= 11 is 3.45. The Balaban J connectivity index is 0.000000413. The van der Waals surface area contributed by atoms with Crippen LogP contribution in [-0.4, -0.2) is 53.3 Å². The fourth-order valence-corrected chi connectivity index (χ4v) is 2.77. The van der Waals surface area contributed by atoms with Gasteiger partial charge in [-0.05, 0) is 50.6 Å². The van der Waals surface area contributed by atoms with Crippen LogP contribution in [0.25, 0.3) is 0 Å². The summed E-state index contributed by atoms with van der Waals surface area (Å²) in [5.41, 5.74) is 0. The average Bonchev–Trinajstić information content (AvgIpc) is 2.81. The number of rotatable bonds is 5. The first kappa shape index (κ1) is 20.4. The van der Waals surface area contributed by atoms with Crippen molar-refractivity contribution in [2.75, 3.05) is 26.2 Å². The van der Waals surface area contributed by atoms with Crippen molar-refractivity contribution in [2.45, 2.75) is 32.1 Å². The van der Waals surface area contributed by atoms with Crippen LogP contribution in [0.5, 0.6) is 5.75 Å². The number of hydrogen-bond acceptors (Lipinski definition) is 4. The van der Waals surface area contributed by atoms with Crippen LogP contribution in [0, 0.1) is 0 Å². The van der Waals surface area contributed by atoms with Crippen LogP contribution in [0.1, 0.15) is 32.1 Å². The normalized spacial score (nSPS) is 14.9. The predicted octanol–water partition coefficient (Wildman–Crippen LogP) is 3.25. The standard InChI is InChI=1S/C15H22BrNO.C2H2O4/c16-14-7-5-8-15(13-14)18-12-6-11-17-9-3-1-2-4-10-17;3-1(4)2(5)6/h5,7-8,13H,1-4,6,9-12H2;(H,3,4)(H,5,6). The Hall–Kier alpha value is -1.60. The Labute approximate surface area is 150 Å². The number of benzene rings is 1. The molecule has 1 aliphatic rings. The Morgan fingerprint density at radius 2 is 1.71 bits per heavy atom. The number of ether oxygens (including phenoxy) is 1.